The van der Waals surface area contributed by atoms with Gasteiger partial charge >= 0.3 is 0 Å². The fourth-order valence-corrected chi connectivity index (χ4v) is 4.37. The highest BCUT2D eigenvalue weighted by atomic mass is 19.1. The predicted molar refractivity (Wildman–Crippen MR) is 129 cm³/mol. The fourth-order valence-electron chi connectivity index (χ4n) is 4.37. The Balaban J connectivity index is 1.53. The van der Waals surface area contributed by atoms with Crippen LogP contribution in [-0.4, -0.2) is 31.6 Å². The van der Waals surface area contributed by atoms with E-state index in [-0.39, 0.29) is 30.5 Å². The first kappa shape index (κ1) is 21.9. The quantitative estimate of drug-likeness (QED) is 0.445. The molecule has 3 aromatic heterocycles. The Kier molecular flexibility index (Phi) is 5.66. The van der Waals surface area contributed by atoms with Crippen molar-refractivity contribution in [1.29, 1.82) is 0 Å². The van der Waals surface area contributed by atoms with Crippen LogP contribution in [0.4, 0.5) is 4.39 Å². The third-order valence-corrected chi connectivity index (χ3v) is 5.89. The molecule has 4 heterocycles. The molecule has 2 N–H and O–H groups in total. The fraction of sp³-hybridized carbons (Fsp3) is 0.296. The van der Waals surface area contributed by atoms with Gasteiger partial charge in [0.05, 0.1) is 18.6 Å². The van der Waals surface area contributed by atoms with Crippen LogP contribution in [-0.2, 0) is 13.0 Å². The molecule has 1 unspecified atom stereocenters. The minimum atomic E-state index is -0.948. The molecule has 0 saturated heterocycles. The molecule has 1 aliphatic rings. The Hall–Kier alpha value is -3.92. The molecule has 34 heavy (non-hydrogen) atoms. The number of para-hydroxylation sites is 1. The summed E-state index contributed by atoms with van der Waals surface area (Å²) in [5, 5.41) is 4.12. The number of pyridine rings is 1. The minimum absolute atomic E-state index is 0.222. The van der Waals surface area contributed by atoms with Crippen molar-refractivity contribution in [3.8, 4) is 11.8 Å². The number of hydrogen-bond acceptors (Lipinski definition) is 3. The second kappa shape index (κ2) is 8.79. The van der Waals surface area contributed by atoms with Crippen molar-refractivity contribution >= 4 is 16.8 Å². The highest BCUT2D eigenvalue weighted by Crippen LogP contribution is 2.30. The molecule has 6 nitrogen and oxygen atoms in total. The number of halogens is 1. The van der Waals surface area contributed by atoms with E-state index in [0.29, 0.717) is 11.4 Å². The van der Waals surface area contributed by atoms with Gasteiger partial charge in [0.1, 0.15) is 17.9 Å². The summed E-state index contributed by atoms with van der Waals surface area (Å²) in [5.74, 6) is 6.13. The van der Waals surface area contributed by atoms with Crippen molar-refractivity contribution in [2.75, 3.05) is 0 Å². The summed E-state index contributed by atoms with van der Waals surface area (Å²) in [6, 6.07) is 12.9. The zero-order valence-corrected chi connectivity index (χ0v) is 19.4. The van der Waals surface area contributed by atoms with Crippen LogP contribution in [0.5, 0.6) is 0 Å². The van der Waals surface area contributed by atoms with Crippen LogP contribution in [0, 0.1) is 24.7 Å². The Labute approximate surface area is 197 Å². The molecular weight excluding hydrogens is 429 g/mol. The Bertz CT molecular complexity index is 1410. The smallest absolute Gasteiger partial charge is 0.270 e. The van der Waals surface area contributed by atoms with Gasteiger partial charge in [-0.1, -0.05) is 43.9 Å². The number of benzene rings is 1. The van der Waals surface area contributed by atoms with E-state index >= 15 is 0 Å². The van der Waals surface area contributed by atoms with Crippen LogP contribution in [0.2, 0.25) is 0 Å². The molecule has 1 aromatic carbocycles. The van der Waals surface area contributed by atoms with Crippen molar-refractivity contribution in [3.63, 3.8) is 0 Å². The normalized spacial score (nSPS) is 15.7. The van der Waals surface area contributed by atoms with Crippen molar-refractivity contribution < 1.29 is 9.18 Å². The average molecular weight is 456 g/mol. The van der Waals surface area contributed by atoms with E-state index in [4.69, 9.17) is 0 Å². The number of amides is 1. The minimum Gasteiger partial charge on any atom is -0.356 e. The first-order valence-electron chi connectivity index (χ1n) is 11.4. The molecule has 0 fully saturated rings. The maximum absolute atomic E-state index is 14.1. The predicted octanol–water partition coefficient (Wildman–Crippen LogP) is 4.49. The number of alkyl halides is 1. The summed E-state index contributed by atoms with van der Waals surface area (Å²) in [6.07, 6.45) is 0.979. The van der Waals surface area contributed by atoms with Gasteiger partial charge in [0.2, 0.25) is 0 Å². The zero-order chi connectivity index (χ0) is 23.8. The maximum Gasteiger partial charge on any atom is 0.270 e. The highest BCUT2D eigenvalue weighted by Gasteiger charge is 2.31. The number of nitrogens with zero attached hydrogens (tertiary/aromatic N) is 3. The molecule has 0 aliphatic carbocycles. The number of imidazole rings is 1. The maximum atomic E-state index is 14.1. The number of hydrogen-bond donors (Lipinski definition) is 2. The second-order valence-corrected chi connectivity index (χ2v) is 9.06. The number of carbonyl (C=O) groups excluding carboxylic acids is 1. The van der Waals surface area contributed by atoms with Gasteiger partial charge in [-0.2, -0.15) is 0 Å². The lowest BCUT2D eigenvalue weighted by molar-refractivity contribution is 0.0936. The molecule has 1 amide bonds. The highest BCUT2D eigenvalue weighted by molar-refractivity contribution is 5.93. The van der Waals surface area contributed by atoms with Gasteiger partial charge in [-0.3, -0.25) is 4.79 Å². The standard InChI is InChI=1S/C27H26FN5O/c1-16(2)8-9-18-10-17(3)30-23(11-18)27(34)32-25(22-12-19-6-4-5-7-21(19)31-22)26-24-13-20(28)14-33(24)15-29-26/h4-7,10-12,15-16,20,25,31H,13-14H2,1-3H3,(H,32,34)/t20-,25?/m1/s1. The molecule has 0 bridgehead atoms. The number of rotatable bonds is 4. The molecule has 7 heteroatoms. The third-order valence-electron chi connectivity index (χ3n) is 5.89. The van der Waals surface area contributed by atoms with Crippen molar-refractivity contribution in [2.45, 2.75) is 46.0 Å². The first-order chi connectivity index (χ1) is 16.4. The van der Waals surface area contributed by atoms with Gasteiger partial charge in [0.15, 0.2) is 0 Å². The molecule has 2 atom stereocenters. The average Bonchev–Trinajstić information content (AvgIpc) is 3.49. The van der Waals surface area contributed by atoms with Gasteiger partial charge < -0.3 is 14.9 Å². The van der Waals surface area contributed by atoms with Crippen LogP contribution in [0.1, 0.15) is 58.7 Å². The number of fused-ring (bicyclic) bond motifs is 2. The van der Waals surface area contributed by atoms with E-state index in [1.54, 1.807) is 12.4 Å². The summed E-state index contributed by atoms with van der Waals surface area (Å²) in [7, 11) is 0. The second-order valence-electron chi connectivity index (χ2n) is 9.06. The lowest BCUT2D eigenvalue weighted by Gasteiger charge is -2.17. The molecule has 0 saturated carbocycles. The Morgan fingerprint density at radius 3 is 2.88 bits per heavy atom. The SMILES string of the molecule is Cc1cc(C#CC(C)C)cc(C(=O)NC(c2cc3ccccc3[nH]2)c2ncn3c2C[C@@H](F)C3)n1. The van der Waals surface area contributed by atoms with Crippen molar-refractivity contribution in [1.82, 2.24) is 24.8 Å². The monoisotopic (exact) mass is 455 g/mol. The Morgan fingerprint density at radius 1 is 1.26 bits per heavy atom. The number of nitrogens with one attached hydrogen (secondary N) is 2. The molecule has 0 spiro atoms. The molecule has 172 valence electrons. The molecule has 1 aliphatic heterocycles. The largest absolute Gasteiger partial charge is 0.356 e. The van der Waals surface area contributed by atoms with E-state index in [9.17, 15) is 9.18 Å². The number of aryl methyl sites for hydroxylation is 1. The number of carbonyl (C=O) groups is 1. The van der Waals surface area contributed by atoms with E-state index in [2.05, 4.69) is 32.1 Å². The Morgan fingerprint density at radius 2 is 2.09 bits per heavy atom. The summed E-state index contributed by atoms with van der Waals surface area (Å²) in [5.41, 5.74) is 4.93. The van der Waals surface area contributed by atoms with Gasteiger partial charge in [0, 0.05) is 40.5 Å². The topological polar surface area (TPSA) is 75.6 Å². The number of H-pyrrole nitrogens is 1. The number of aromatic nitrogens is 4. The third kappa shape index (κ3) is 4.32. The summed E-state index contributed by atoms with van der Waals surface area (Å²) < 4.78 is 16.0. The van der Waals surface area contributed by atoms with Crippen LogP contribution < -0.4 is 5.32 Å². The first-order valence-corrected chi connectivity index (χ1v) is 11.4. The van der Waals surface area contributed by atoms with E-state index in [0.717, 1.165) is 27.9 Å². The summed E-state index contributed by atoms with van der Waals surface area (Å²) >= 11 is 0. The molecule has 0 radical (unpaired) electrons. The van der Waals surface area contributed by atoms with Crippen LogP contribution in [0.15, 0.2) is 48.8 Å². The van der Waals surface area contributed by atoms with E-state index in [1.165, 1.54) is 0 Å². The van der Waals surface area contributed by atoms with Crippen molar-refractivity contribution in [2.24, 2.45) is 5.92 Å². The molecule has 5 rings (SSSR count). The van der Waals surface area contributed by atoms with E-state index in [1.807, 2.05) is 61.7 Å². The van der Waals surface area contributed by atoms with Gasteiger partial charge in [0.25, 0.3) is 5.91 Å². The van der Waals surface area contributed by atoms with Crippen LogP contribution >= 0.6 is 0 Å². The summed E-state index contributed by atoms with van der Waals surface area (Å²) in [4.78, 5) is 25.8. The van der Waals surface area contributed by atoms with Gasteiger partial charge in [-0.05, 0) is 36.6 Å². The van der Waals surface area contributed by atoms with Crippen LogP contribution in [0.25, 0.3) is 10.9 Å². The van der Waals surface area contributed by atoms with E-state index < -0.39 is 12.2 Å². The molecule has 4 aromatic rings. The van der Waals surface area contributed by atoms with Gasteiger partial charge in [-0.15, -0.1) is 0 Å². The number of aromatic amines is 1. The summed E-state index contributed by atoms with van der Waals surface area (Å²) in [6.45, 7) is 6.17. The molecular formula is C27H26FN5O. The van der Waals surface area contributed by atoms with Crippen LogP contribution in [0.3, 0.4) is 0 Å². The zero-order valence-electron chi connectivity index (χ0n) is 19.4. The lowest BCUT2D eigenvalue weighted by Crippen LogP contribution is -2.31. The van der Waals surface area contributed by atoms with Gasteiger partial charge in [-0.25, -0.2) is 14.4 Å². The van der Waals surface area contributed by atoms with Crippen molar-refractivity contribution in [3.05, 3.63) is 82.8 Å². The lowest BCUT2D eigenvalue weighted by atomic mass is 10.1.